The summed E-state index contributed by atoms with van der Waals surface area (Å²) in [5, 5.41) is 9.11. The third-order valence-electron chi connectivity index (χ3n) is 5.32. The van der Waals surface area contributed by atoms with Crippen molar-refractivity contribution >= 4 is 0 Å². The van der Waals surface area contributed by atoms with Crippen LogP contribution >= 0.6 is 0 Å². The van der Waals surface area contributed by atoms with E-state index in [9.17, 15) is 8.78 Å². The summed E-state index contributed by atoms with van der Waals surface area (Å²) < 4.78 is 31.7. The fourth-order valence-corrected chi connectivity index (χ4v) is 3.58. The highest BCUT2D eigenvalue weighted by Crippen LogP contribution is 2.14. The Morgan fingerprint density at radius 1 is 0.862 bits per heavy atom. The van der Waals surface area contributed by atoms with E-state index in [1.54, 1.807) is 18.2 Å². The van der Waals surface area contributed by atoms with Gasteiger partial charge in [0.1, 0.15) is 24.0 Å². The molecule has 1 fully saturated rings. The molecular weight excluding hydrogens is 372 g/mol. The second-order valence-corrected chi connectivity index (χ2v) is 7.36. The fourth-order valence-electron chi connectivity index (χ4n) is 3.58. The Morgan fingerprint density at radius 2 is 1.52 bits per heavy atom. The molecule has 3 rings (SSSR count). The molecule has 1 saturated heterocycles. The maximum absolute atomic E-state index is 13.2. The second kappa shape index (κ2) is 10.9. The van der Waals surface area contributed by atoms with Crippen LogP contribution in [0.5, 0.6) is 5.75 Å². The molecule has 0 aliphatic carbocycles. The smallest absolute Gasteiger partial charge is 0.124 e. The third kappa shape index (κ3) is 6.81. The van der Waals surface area contributed by atoms with Crippen molar-refractivity contribution in [1.82, 2.24) is 9.80 Å². The Kier molecular flexibility index (Phi) is 7.97. The van der Waals surface area contributed by atoms with Gasteiger partial charge in [-0.2, -0.15) is 5.26 Å². The Morgan fingerprint density at radius 3 is 2.21 bits per heavy atom. The van der Waals surface area contributed by atoms with Crippen LogP contribution in [-0.2, 0) is 6.42 Å². The predicted molar refractivity (Wildman–Crippen MR) is 109 cm³/mol. The Balaban J connectivity index is 1.28. The number of aryl methyl sites for hydroxylation is 1. The highest BCUT2D eigenvalue weighted by molar-refractivity contribution is 5.37. The predicted octanol–water partition coefficient (Wildman–Crippen LogP) is 3.86. The van der Waals surface area contributed by atoms with Crippen LogP contribution < -0.4 is 4.74 Å². The standard InChI is InChI=1S/C23H27F2N3O/c24-21-6-8-23(9-7-21)29-16-15-28-13-11-27(12-14-28)10-2-1-3-19-4-5-22(25)17-20(19)18-26/h4-9,17H,1-3,10-16H2. The van der Waals surface area contributed by atoms with Gasteiger partial charge in [-0.3, -0.25) is 4.90 Å². The molecule has 0 atom stereocenters. The van der Waals surface area contributed by atoms with Crippen LogP contribution in [-0.4, -0.2) is 55.7 Å². The van der Waals surface area contributed by atoms with E-state index >= 15 is 0 Å². The molecule has 0 unspecified atom stereocenters. The summed E-state index contributed by atoms with van der Waals surface area (Å²) in [6, 6.07) is 12.7. The van der Waals surface area contributed by atoms with Crippen LogP contribution in [0.15, 0.2) is 42.5 Å². The quantitative estimate of drug-likeness (QED) is 0.601. The van der Waals surface area contributed by atoms with Crippen molar-refractivity contribution in [2.45, 2.75) is 19.3 Å². The van der Waals surface area contributed by atoms with Crippen LogP contribution in [0.4, 0.5) is 8.78 Å². The van der Waals surface area contributed by atoms with Gasteiger partial charge in [-0.15, -0.1) is 0 Å². The van der Waals surface area contributed by atoms with E-state index in [4.69, 9.17) is 10.00 Å². The molecule has 154 valence electrons. The van der Waals surface area contributed by atoms with E-state index in [0.29, 0.717) is 17.9 Å². The van der Waals surface area contributed by atoms with Crippen LogP contribution in [0.2, 0.25) is 0 Å². The van der Waals surface area contributed by atoms with Crippen molar-refractivity contribution in [1.29, 1.82) is 5.26 Å². The average molecular weight is 399 g/mol. The molecule has 0 radical (unpaired) electrons. The van der Waals surface area contributed by atoms with Gasteiger partial charge in [-0.25, -0.2) is 8.78 Å². The number of unbranched alkanes of at least 4 members (excludes halogenated alkanes) is 1. The van der Waals surface area contributed by atoms with Crippen LogP contribution in [0.1, 0.15) is 24.0 Å². The van der Waals surface area contributed by atoms with Crippen molar-refractivity contribution < 1.29 is 13.5 Å². The summed E-state index contributed by atoms with van der Waals surface area (Å²) in [6.07, 6.45) is 2.87. The normalized spacial score (nSPS) is 15.2. The minimum Gasteiger partial charge on any atom is -0.492 e. The molecule has 0 saturated carbocycles. The molecule has 0 amide bonds. The average Bonchev–Trinajstić information content (AvgIpc) is 2.74. The van der Waals surface area contributed by atoms with Crippen LogP contribution in [0, 0.1) is 23.0 Å². The number of piperazine rings is 1. The number of benzene rings is 2. The summed E-state index contributed by atoms with van der Waals surface area (Å²) in [4.78, 5) is 4.85. The van der Waals surface area contributed by atoms with Gasteiger partial charge in [0.25, 0.3) is 0 Å². The summed E-state index contributed by atoms with van der Waals surface area (Å²) in [6.45, 7) is 6.62. The summed E-state index contributed by atoms with van der Waals surface area (Å²) in [5.41, 5.74) is 1.38. The van der Waals surface area contributed by atoms with Gasteiger partial charge >= 0.3 is 0 Å². The van der Waals surface area contributed by atoms with E-state index in [1.165, 1.54) is 24.3 Å². The first-order chi connectivity index (χ1) is 14.1. The Hall–Kier alpha value is -2.49. The molecule has 2 aromatic rings. The summed E-state index contributed by atoms with van der Waals surface area (Å²) in [5.74, 6) is 0.0913. The van der Waals surface area contributed by atoms with Gasteiger partial charge in [0.05, 0.1) is 11.6 Å². The van der Waals surface area contributed by atoms with Gasteiger partial charge in [0.15, 0.2) is 0 Å². The lowest BCUT2D eigenvalue weighted by Crippen LogP contribution is -2.47. The zero-order valence-corrected chi connectivity index (χ0v) is 16.6. The number of nitriles is 1. The first kappa shape index (κ1) is 21.2. The number of rotatable bonds is 9. The molecule has 4 nitrogen and oxygen atoms in total. The highest BCUT2D eigenvalue weighted by Gasteiger charge is 2.16. The largest absolute Gasteiger partial charge is 0.492 e. The number of ether oxygens (including phenoxy) is 1. The Labute approximate surface area is 171 Å². The monoisotopic (exact) mass is 399 g/mol. The maximum Gasteiger partial charge on any atom is 0.124 e. The van der Waals surface area contributed by atoms with E-state index in [1.807, 2.05) is 0 Å². The molecule has 0 aromatic heterocycles. The molecule has 1 heterocycles. The minimum atomic E-state index is -0.355. The molecule has 0 bridgehead atoms. The molecule has 0 spiro atoms. The number of hydrogen-bond acceptors (Lipinski definition) is 4. The lowest BCUT2D eigenvalue weighted by molar-refractivity contribution is 0.116. The number of nitrogens with zero attached hydrogens (tertiary/aromatic N) is 3. The third-order valence-corrected chi connectivity index (χ3v) is 5.32. The molecule has 1 aliphatic heterocycles. The zero-order chi connectivity index (χ0) is 20.5. The fraction of sp³-hybridized carbons (Fsp3) is 0.435. The minimum absolute atomic E-state index is 0.253. The van der Waals surface area contributed by atoms with Crippen molar-refractivity contribution in [3.8, 4) is 11.8 Å². The van der Waals surface area contributed by atoms with Crippen molar-refractivity contribution in [2.75, 3.05) is 45.9 Å². The van der Waals surface area contributed by atoms with Crippen LogP contribution in [0.25, 0.3) is 0 Å². The lowest BCUT2D eigenvalue weighted by atomic mass is 10.0. The Bertz CT molecular complexity index is 812. The van der Waals surface area contributed by atoms with E-state index in [-0.39, 0.29) is 11.6 Å². The van der Waals surface area contributed by atoms with E-state index < -0.39 is 0 Å². The molecule has 1 aliphatic rings. The first-order valence-corrected chi connectivity index (χ1v) is 10.2. The van der Waals surface area contributed by atoms with Crippen molar-refractivity contribution in [3.63, 3.8) is 0 Å². The van der Waals surface area contributed by atoms with E-state index in [0.717, 1.165) is 64.1 Å². The van der Waals surface area contributed by atoms with Crippen LogP contribution in [0.3, 0.4) is 0 Å². The summed E-state index contributed by atoms with van der Waals surface area (Å²) >= 11 is 0. The van der Waals surface area contributed by atoms with Gasteiger partial charge < -0.3 is 9.64 Å². The topological polar surface area (TPSA) is 39.5 Å². The van der Waals surface area contributed by atoms with Gasteiger partial charge in [-0.1, -0.05) is 6.07 Å². The zero-order valence-electron chi connectivity index (χ0n) is 16.6. The lowest BCUT2D eigenvalue weighted by Gasteiger charge is -2.34. The summed E-state index contributed by atoms with van der Waals surface area (Å²) in [7, 11) is 0. The SMILES string of the molecule is N#Cc1cc(F)ccc1CCCCN1CCN(CCOc2ccc(F)cc2)CC1. The number of hydrogen-bond donors (Lipinski definition) is 0. The van der Waals surface area contributed by atoms with Gasteiger partial charge in [0, 0.05) is 32.7 Å². The maximum atomic E-state index is 13.2. The van der Waals surface area contributed by atoms with E-state index in [2.05, 4.69) is 15.9 Å². The van der Waals surface area contributed by atoms with Crippen molar-refractivity contribution in [3.05, 3.63) is 65.2 Å². The molecular formula is C23H27F2N3O. The van der Waals surface area contributed by atoms with Gasteiger partial charge in [-0.05, 0) is 67.8 Å². The molecule has 2 aromatic carbocycles. The highest BCUT2D eigenvalue weighted by atomic mass is 19.1. The number of halogens is 2. The second-order valence-electron chi connectivity index (χ2n) is 7.36. The van der Waals surface area contributed by atoms with Crippen molar-refractivity contribution in [2.24, 2.45) is 0 Å². The molecule has 29 heavy (non-hydrogen) atoms. The first-order valence-electron chi connectivity index (χ1n) is 10.2. The molecule has 6 heteroatoms. The van der Waals surface area contributed by atoms with Gasteiger partial charge in [0.2, 0.25) is 0 Å². The molecule has 0 N–H and O–H groups in total.